The number of nitrogens with zero attached hydrogens (tertiary/aromatic N) is 2. The number of carbonyl (C=O) groups is 1. The van der Waals surface area contributed by atoms with Crippen molar-refractivity contribution in [3.05, 3.63) is 76.5 Å². The number of hydrogen-bond acceptors (Lipinski definition) is 3. The first kappa shape index (κ1) is 16.4. The van der Waals surface area contributed by atoms with Crippen molar-refractivity contribution >= 4 is 34.8 Å². The molecule has 122 valence electrons. The summed E-state index contributed by atoms with van der Waals surface area (Å²) in [4.78, 5) is 12.1. The summed E-state index contributed by atoms with van der Waals surface area (Å²) >= 11 is 11.7. The van der Waals surface area contributed by atoms with Gasteiger partial charge in [0.25, 0.3) is 5.91 Å². The molecule has 1 amide bonds. The number of rotatable bonds is 5. The van der Waals surface area contributed by atoms with Gasteiger partial charge in [-0.2, -0.15) is 5.10 Å². The molecular weight excluding hydrogens is 349 g/mol. The Balaban J connectivity index is 1.59. The maximum absolute atomic E-state index is 12.1. The van der Waals surface area contributed by atoms with Gasteiger partial charge in [-0.3, -0.25) is 4.79 Å². The van der Waals surface area contributed by atoms with Crippen molar-refractivity contribution in [2.75, 3.05) is 5.32 Å². The van der Waals surface area contributed by atoms with E-state index < -0.39 is 0 Å². The topological polar surface area (TPSA) is 56.2 Å². The number of hydrogen-bond donors (Lipinski definition) is 1. The molecule has 3 aromatic rings. The lowest BCUT2D eigenvalue weighted by atomic mass is 10.2. The largest absolute Gasteiger partial charge is 0.471 e. The van der Waals surface area contributed by atoms with Crippen molar-refractivity contribution in [1.82, 2.24) is 9.78 Å². The molecule has 1 N–H and O–H groups in total. The van der Waals surface area contributed by atoms with Gasteiger partial charge in [-0.15, -0.1) is 0 Å². The van der Waals surface area contributed by atoms with E-state index in [0.29, 0.717) is 27.0 Å². The van der Waals surface area contributed by atoms with Crippen LogP contribution in [0.3, 0.4) is 0 Å². The number of carbonyl (C=O) groups excluding carboxylic acids is 1. The summed E-state index contributed by atoms with van der Waals surface area (Å²) in [7, 11) is 0. The van der Waals surface area contributed by atoms with Gasteiger partial charge in [-0.25, -0.2) is 4.68 Å². The second-order valence-electron chi connectivity index (χ2n) is 4.96. The molecule has 0 radical (unpaired) electrons. The molecule has 0 saturated carbocycles. The monoisotopic (exact) mass is 361 g/mol. The van der Waals surface area contributed by atoms with Gasteiger partial charge in [0, 0.05) is 15.6 Å². The first-order valence-corrected chi connectivity index (χ1v) is 7.83. The minimum Gasteiger partial charge on any atom is -0.471 e. The number of nitrogens with one attached hydrogen (secondary N) is 1. The van der Waals surface area contributed by atoms with Gasteiger partial charge in [0.2, 0.25) is 0 Å². The summed E-state index contributed by atoms with van der Waals surface area (Å²) in [5.41, 5.74) is 1.09. The van der Waals surface area contributed by atoms with E-state index in [1.807, 2.05) is 0 Å². The molecule has 5 nitrogen and oxygen atoms in total. The Hall–Kier alpha value is -2.50. The fourth-order valence-electron chi connectivity index (χ4n) is 2.00. The highest BCUT2D eigenvalue weighted by molar-refractivity contribution is 6.31. The fourth-order valence-corrected chi connectivity index (χ4v) is 2.31. The smallest absolute Gasteiger partial charge is 0.255 e. The molecule has 0 bridgehead atoms. The van der Waals surface area contributed by atoms with Gasteiger partial charge < -0.3 is 10.1 Å². The molecule has 2 aromatic carbocycles. The van der Waals surface area contributed by atoms with Crippen LogP contribution in [0.4, 0.5) is 5.69 Å². The molecule has 0 aliphatic carbocycles. The molecule has 3 rings (SSSR count). The molecule has 0 unspecified atom stereocenters. The van der Waals surface area contributed by atoms with Gasteiger partial charge in [-0.1, -0.05) is 29.3 Å². The second kappa shape index (κ2) is 7.38. The number of aromatic nitrogens is 2. The van der Waals surface area contributed by atoms with E-state index >= 15 is 0 Å². The molecule has 0 aliphatic heterocycles. The van der Waals surface area contributed by atoms with Crippen LogP contribution in [-0.4, -0.2) is 15.7 Å². The summed E-state index contributed by atoms with van der Waals surface area (Å²) in [5, 5.41) is 8.08. The SMILES string of the molecule is O=C(Nc1cnn(COc2cccc(Cl)c2)c1)c1ccc(Cl)cc1. The Morgan fingerprint density at radius 2 is 1.92 bits per heavy atom. The first-order valence-electron chi connectivity index (χ1n) is 7.08. The number of ether oxygens (including phenoxy) is 1. The van der Waals surface area contributed by atoms with Crippen LogP contribution in [0.1, 0.15) is 10.4 Å². The Morgan fingerprint density at radius 3 is 2.67 bits per heavy atom. The number of halogens is 2. The van der Waals surface area contributed by atoms with Crippen LogP contribution < -0.4 is 10.1 Å². The van der Waals surface area contributed by atoms with E-state index in [1.54, 1.807) is 65.6 Å². The molecule has 1 heterocycles. The maximum atomic E-state index is 12.1. The van der Waals surface area contributed by atoms with Crippen molar-refractivity contribution in [3.63, 3.8) is 0 Å². The van der Waals surface area contributed by atoms with Gasteiger partial charge >= 0.3 is 0 Å². The van der Waals surface area contributed by atoms with Crippen molar-refractivity contribution in [3.8, 4) is 5.75 Å². The predicted octanol–water partition coefficient (Wildman–Crippen LogP) is 4.48. The van der Waals surface area contributed by atoms with Crippen molar-refractivity contribution in [2.45, 2.75) is 6.73 Å². The van der Waals surface area contributed by atoms with E-state index in [1.165, 1.54) is 0 Å². The van der Waals surface area contributed by atoms with Crippen molar-refractivity contribution in [1.29, 1.82) is 0 Å². The normalized spacial score (nSPS) is 10.4. The summed E-state index contributed by atoms with van der Waals surface area (Å²) in [6.07, 6.45) is 3.23. The molecule has 0 atom stereocenters. The van der Waals surface area contributed by atoms with Gasteiger partial charge in [0.05, 0.1) is 18.1 Å². The van der Waals surface area contributed by atoms with Crippen LogP contribution in [-0.2, 0) is 6.73 Å². The first-order chi connectivity index (χ1) is 11.6. The Labute approximate surface area is 148 Å². The highest BCUT2D eigenvalue weighted by Gasteiger charge is 2.07. The third-order valence-electron chi connectivity index (χ3n) is 3.16. The number of amides is 1. The fraction of sp³-hybridized carbons (Fsp3) is 0.0588. The van der Waals surface area contributed by atoms with E-state index in [4.69, 9.17) is 27.9 Å². The third-order valence-corrected chi connectivity index (χ3v) is 3.64. The predicted molar refractivity (Wildman–Crippen MR) is 93.7 cm³/mol. The molecule has 7 heteroatoms. The summed E-state index contributed by atoms with van der Waals surface area (Å²) in [6, 6.07) is 13.7. The van der Waals surface area contributed by atoms with Crippen LogP contribution in [0, 0.1) is 0 Å². The zero-order valence-corrected chi connectivity index (χ0v) is 14.0. The maximum Gasteiger partial charge on any atom is 0.255 e. The third kappa shape index (κ3) is 4.28. The van der Waals surface area contributed by atoms with Gasteiger partial charge in [0.1, 0.15) is 5.75 Å². The minimum atomic E-state index is -0.234. The second-order valence-corrected chi connectivity index (χ2v) is 5.83. The highest BCUT2D eigenvalue weighted by Crippen LogP contribution is 2.18. The van der Waals surface area contributed by atoms with Crippen LogP contribution in [0.2, 0.25) is 10.0 Å². The Bertz CT molecular complexity index is 847. The standard InChI is InChI=1S/C17H13Cl2N3O2/c18-13-6-4-12(5-7-13)17(23)21-15-9-20-22(10-15)11-24-16-3-1-2-14(19)8-16/h1-10H,11H2,(H,21,23). The number of anilines is 1. The van der Waals surface area contributed by atoms with Crippen LogP contribution >= 0.6 is 23.2 Å². The van der Waals surface area contributed by atoms with E-state index in [2.05, 4.69) is 10.4 Å². The van der Waals surface area contributed by atoms with Gasteiger partial charge in [0.15, 0.2) is 6.73 Å². The lowest BCUT2D eigenvalue weighted by molar-refractivity contribution is 0.102. The zero-order chi connectivity index (χ0) is 16.9. The lowest BCUT2D eigenvalue weighted by Crippen LogP contribution is -2.11. The highest BCUT2D eigenvalue weighted by atomic mass is 35.5. The summed E-state index contributed by atoms with van der Waals surface area (Å²) in [6.45, 7) is 0.206. The molecule has 24 heavy (non-hydrogen) atoms. The molecule has 0 spiro atoms. The van der Waals surface area contributed by atoms with E-state index in [-0.39, 0.29) is 12.6 Å². The molecule has 1 aromatic heterocycles. The van der Waals surface area contributed by atoms with E-state index in [0.717, 1.165) is 0 Å². The summed E-state index contributed by atoms with van der Waals surface area (Å²) < 4.78 is 7.15. The quantitative estimate of drug-likeness (QED) is 0.728. The molecule has 0 fully saturated rings. The molecular formula is C17H13Cl2N3O2. The Morgan fingerprint density at radius 1 is 1.12 bits per heavy atom. The minimum absolute atomic E-state index is 0.206. The molecule has 0 aliphatic rings. The molecule has 0 saturated heterocycles. The van der Waals surface area contributed by atoms with Gasteiger partial charge in [-0.05, 0) is 42.5 Å². The average molecular weight is 362 g/mol. The summed E-state index contributed by atoms with van der Waals surface area (Å²) in [5.74, 6) is 0.409. The van der Waals surface area contributed by atoms with E-state index in [9.17, 15) is 4.79 Å². The van der Waals surface area contributed by atoms with Crippen LogP contribution in [0.25, 0.3) is 0 Å². The van der Waals surface area contributed by atoms with Crippen molar-refractivity contribution in [2.24, 2.45) is 0 Å². The average Bonchev–Trinajstić information content (AvgIpc) is 3.01. The Kier molecular flexibility index (Phi) is 5.03. The van der Waals surface area contributed by atoms with Crippen LogP contribution in [0.5, 0.6) is 5.75 Å². The van der Waals surface area contributed by atoms with Crippen molar-refractivity contribution < 1.29 is 9.53 Å². The number of benzene rings is 2. The lowest BCUT2D eigenvalue weighted by Gasteiger charge is -2.06. The zero-order valence-electron chi connectivity index (χ0n) is 12.4. The van der Waals surface area contributed by atoms with Crippen LogP contribution in [0.15, 0.2) is 60.9 Å².